The molecule has 50 valence electrons. The van der Waals surface area contributed by atoms with Crippen LogP contribution in [0.2, 0.25) is 0 Å². The van der Waals surface area contributed by atoms with Gasteiger partial charge in [0.1, 0.15) is 0 Å². The highest BCUT2D eigenvalue weighted by molar-refractivity contribution is 5.74. The lowest BCUT2D eigenvalue weighted by molar-refractivity contribution is -0.138. The Kier molecular flexibility index (Phi) is 4.35. The van der Waals surface area contributed by atoms with Crippen LogP contribution >= 0.6 is 0 Å². The fraction of sp³-hybridized carbons (Fsp3) is 0.667. The van der Waals surface area contributed by atoms with E-state index in [0.717, 1.165) is 0 Å². The van der Waals surface area contributed by atoms with Crippen LogP contribution in [0, 0.1) is 0 Å². The quantitative estimate of drug-likeness (QED) is 0.401. The molecule has 5 nitrogen and oxygen atoms in total. The van der Waals surface area contributed by atoms with Crippen molar-refractivity contribution >= 4 is 5.97 Å². The number of carbonyl (C=O) groups is 1. The van der Waals surface area contributed by atoms with Gasteiger partial charge >= 0.3 is 5.97 Å². The maximum Gasteiger partial charge on any atom is 0.335 e. The zero-order valence-electron chi connectivity index (χ0n) is 4.05. The highest BCUT2D eigenvalue weighted by atomic mass is 16.6. The molecule has 0 aromatic carbocycles. The van der Waals surface area contributed by atoms with Crippen molar-refractivity contribution in [3.8, 4) is 0 Å². The number of rotatable bonds is 1. The summed E-state index contributed by atoms with van der Waals surface area (Å²) >= 11 is 0. The second kappa shape index (κ2) is 3.36. The normalized spacial score (nSPS) is 22.2. The smallest absolute Gasteiger partial charge is 0.335 e. The molecule has 1 atom stereocenters. The van der Waals surface area contributed by atoms with Crippen LogP contribution in [0.15, 0.2) is 0 Å². The Hall–Kier alpha value is -0.650. The third-order valence-corrected chi connectivity index (χ3v) is 0.609. The molecule has 1 aliphatic heterocycles. The molecule has 0 radical (unpaired) electrons. The Morgan fingerprint density at radius 3 is 2.00 bits per heavy atom. The first kappa shape index (κ1) is 10.4. The number of epoxide rings is 1. The second-order valence-corrected chi connectivity index (χ2v) is 1.16. The molecule has 5 N–H and O–H groups in total. The SMILES string of the molecule is O.O.O=C(O)C1CO1. The molecule has 0 bridgehead atoms. The average molecular weight is 124 g/mol. The third kappa shape index (κ3) is 2.51. The highest BCUT2D eigenvalue weighted by Gasteiger charge is 2.30. The molecule has 0 amide bonds. The predicted octanol–water partition coefficient (Wildman–Crippen LogP) is -2.18. The zero-order chi connectivity index (χ0) is 4.57. The van der Waals surface area contributed by atoms with Gasteiger partial charge in [0, 0.05) is 0 Å². The fourth-order valence-electron chi connectivity index (χ4n) is 0.191. The van der Waals surface area contributed by atoms with Crippen molar-refractivity contribution in [3.05, 3.63) is 0 Å². The van der Waals surface area contributed by atoms with Gasteiger partial charge in [-0.1, -0.05) is 0 Å². The number of aliphatic carboxylic acids is 1. The van der Waals surface area contributed by atoms with Gasteiger partial charge in [-0.25, -0.2) is 4.79 Å². The summed E-state index contributed by atoms with van der Waals surface area (Å²) in [6.45, 7) is 0.398. The lowest BCUT2D eigenvalue weighted by atomic mass is 10.5. The van der Waals surface area contributed by atoms with Gasteiger partial charge in [0.25, 0.3) is 0 Å². The Morgan fingerprint density at radius 1 is 1.62 bits per heavy atom. The van der Waals surface area contributed by atoms with Crippen molar-refractivity contribution < 1.29 is 25.6 Å². The molecule has 1 rings (SSSR count). The summed E-state index contributed by atoms with van der Waals surface area (Å²) in [4.78, 5) is 9.64. The van der Waals surface area contributed by atoms with E-state index in [1.165, 1.54) is 0 Å². The number of hydrogen-bond donors (Lipinski definition) is 1. The van der Waals surface area contributed by atoms with Gasteiger partial charge in [-0.3, -0.25) is 0 Å². The van der Waals surface area contributed by atoms with Crippen LogP contribution in [-0.2, 0) is 9.53 Å². The molecule has 0 aromatic rings. The van der Waals surface area contributed by atoms with Crippen molar-refractivity contribution in [3.63, 3.8) is 0 Å². The van der Waals surface area contributed by atoms with Gasteiger partial charge in [-0.2, -0.15) is 0 Å². The summed E-state index contributed by atoms with van der Waals surface area (Å²) in [5, 5.41) is 7.93. The fourth-order valence-corrected chi connectivity index (χ4v) is 0.191. The van der Waals surface area contributed by atoms with Gasteiger partial charge in [-0.05, 0) is 0 Å². The van der Waals surface area contributed by atoms with Crippen molar-refractivity contribution in [2.45, 2.75) is 6.10 Å². The Morgan fingerprint density at radius 2 is 2.00 bits per heavy atom. The first-order valence-corrected chi connectivity index (χ1v) is 1.65. The van der Waals surface area contributed by atoms with E-state index in [4.69, 9.17) is 5.11 Å². The molecule has 1 fully saturated rings. The van der Waals surface area contributed by atoms with Crippen LogP contribution < -0.4 is 0 Å². The van der Waals surface area contributed by atoms with Gasteiger partial charge in [-0.15, -0.1) is 0 Å². The maximum absolute atomic E-state index is 9.64. The molecule has 0 saturated carbocycles. The monoisotopic (exact) mass is 124 g/mol. The van der Waals surface area contributed by atoms with Crippen LogP contribution in [-0.4, -0.2) is 34.7 Å². The summed E-state index contributed by atoms with van der Waals surface area (Å²) in [7, 11) is 0. The summed E-state index contributed by atoms with van der Waals surface area (Å²) in [6, 6.07) is 0. The maximum atomic E-state index is 9.64. The number of carboxylic acid groups (broad SMARTS) is 1. The predicted molar refractivity (Wildman–Crippen MR) is 24.6 cm³/mol. The Balaban J connectivity index is 0. The molecule has 5 heteroatoms. The number of carboxylic acids is 1. The molecule has 8 heavy (non-hydrogen) atoms. The van der Waals surface area contributed by atoms with Crippen molar-refractivity contribution in [2.75, 3.05) is 6.61 Å². The minimum atomic E-state index is -0.852. The summed E-state index contributed by atoms with van der Waals surface area (Å²) in [6.07, 6.45) is -0.481. The Labute approximate surface area is 45.5 Å². The van der Waals surface area contributed by atoms with Gasteiger partial charge < -0.3 is 20.8 Å². The summed E-state index contributed by atoms with van der Waals surface area (Å²) in [5.74, 6) is -0.852. The van der Waals surface area contributed by atoms with Gasteiger partial charge in [0.2, 0.25) is 0 Å². The van der Waals surface area contributed by atoms with Crippen molar-refractivity contribution in [2.24, 2.45) is 0 Å². The molecule has 0 spiro atoms. The minimum Gasteiger partial charge on any atom is -0.479 e. The second-order valence-electron chi connectivity index (χ2n) is 1.16. The van der Waals surface area contributed by atoms with E-state index in [1.54, 1.807) is 0 Å². The first-order valence-electron chi connectivity index (χ1n) is 1.65. The van der Waals surface area contributed by atoms with E-state index in [0.29, 0.717) is 6.61 Å². The van der Waals surface area contributed by atoms with Gasteiger partial charge in [0.05, 0.1) is 6.61 Å². The summed E-state index contributed by atoms with van der Waals surface area (Å²) < 4.78 is 4.37. The van der Waals surface area contributed by atoms with E-state index in [9.17, 15) is 4.79 Å². The van der Waals surface area contributed by atoms with Gasteiger partial charge in [0.15, 0.2) is 6.10 Å². The van der Waals surface area contributed by atoms with E-state index >= 15 is 0 Å². The lowest BCUT2D eigenvalue weighted by Gasteiger charge is -1.72. The van der Waals surface area contributed by atoms with Crippen LogP contribution in [0.3, 0.4) is 0 Å². The van der Waals surface area contributed by atoms with E-state index in [2.05, 4.69) is 4.74 Å². The molecular weight excluding hydrogens is 116 g/mol. The van der Waals surface area contributed by atoms with E-state index in [-0.39, 0.29) is 11.0 Å². The standard InChI is InChI=1S/C3H4O3.2H2O/c4-3(5)2-1-6-2;;/h2H,1H2,(H,4,5);2*1H2. The zero-order valence-corrected chi connectivity index (χ0v) is 4.05. The molecule has 1 unspecified atom stereocenters. The molecule has 1 saturated heterocycles. The Bertz CT molecular complexity index is 75.7. The first-order chi connectivity index (χ1) is 2.80. The highest BCUT2D eigenvalue weighted by Crippen LogP contribution is 2.06. The molecular formula is C3H8O5. The average Bonchev–Trinajstić information content (AvgIpc) is 2.06. The van der Waals surface area contributed by atoms with E-state index < -0.39 is 12.1 Å². The topological polar surface area (TPSA) is 113 Å². The number of hydrogen-bond acceptors (Lipinski definition) is 2. The van der Waals surface area contributed by atoms with Crippen molar-refractivity contribution in [1.29, 1.82) is 0 Å². The minimum absolute atomic E-state index is 0. The van der Waals surface area contributed by atoms with Crippen LogP contribution in [0.5, 0.6) is 0 Å². The molecule has 0 aliphatic carbocycles. The van der Waals surface area contributed by atoms with Crippen molar-refractivity contribution in [1.82, 2.24) is 0 Å². The molecule has 1 heterocycles. The molecule has 0 aromatic heterocycles. The largest absolute Gasteiger partial charge is 0.479 e. The lowest BCUT2D eigenvalue weighted by Crippen LogP contribution is -2.02. The molecule has 1 aliphatic rings. The van der Waals surface area contributed by atoms with Crippen LogP contribution in [0.25, 0.3) is 0 Å². The summed E-state index contributed by atoms with van der Waals surface area (Å²) in [5.41, 5.74) is 0. The number of ether oxygens (including phenoxy) is 1. The third-order valence-electron chi connectivity index (χ3n) is 0.609. The van der Waals surface area contributed by atoms with Crippen LogP contribution in [0.1, 0.15) is 0 Å². The van der Waals surface area contributed by atoms with E-state index in [1.807, 2.05) is 0 Å². The van der Waals surface area contributed by atoms with Crippen LogP contribution in [0.4, 0.5) is 0 Å².